The molecule has 0 saturated carbocycles. The lowest BCUT2D eigenvalue weighted by Gasteiger charge is -2.27. The summed E-state index contributed by atoms with van der Waals surface area (Å²) in [5.41, 5.74) is 5.03. The van der Waals surface area contributed by atoms with E-state index in [-0.39, 0.29) is 17.7 Å². The van der Waals surface area contributed by atoms with E-state index in [0.29, 0.717) is 6.54 Å². The van der Waals surface area contributed by atoms with Gasteiger partial charge in [0, 0.05) is 24.9 Å². The average molecular weight is 215 g/mol. The number of hydrogen-bond acceptors (Lipinski definition) is 3. The molecule has 0 bridgehead atoms. The monoisotopic (exact) mass is 215 g/mol. The van der Waals surface area contributed by atoms with Crippen molar-refractivity contribution in [2.45, 2.75) is 27.7 Å². The van der Waals surface area contributed by atoms with Crippen LogP contribution in [0.5, 0.6) is 0 Å². The molecule has 88 valence electrons. The second-order valence-electron chi connectivity index (χ2n) is 4.86. The smallest absolute Gasteiger partial charge is 0.227 e. The van der Waals surface area contributed by atoms with Crippen LogP contribution in [0, 0.1) is 11.3 Å². The molecule has 0 saturated heterocycles. The average Bonchev–Trinajstić information content (AvgIpc) is 2.13. The normalized spacial score (nSPS) is 14.9. The van der Waals surface area contributed by atoms with Crippen molar-refractivity contribution in [1.29, 1.82) is 0 Å². The van der Waals surface area contributed by atoms with Crippen LogP contribution in [-0.2, 0) is 4.79 Å². The van der Waals surface area contributed by atoms with E-state index in [1.54, 1.807) is 11.9 Å². The Bertz CT molecular complexity index is 256. The van der Waals surface area contributed by atoms with Crippen molar-refractivity contribution in [2.24, 2.45) is 22.2 Å². The number of amidine groups is 1. The van der Waals surface area contributed by atoms with Crippen LogP contribution in [0.3, 0.4) is 0 Å². The van der Waals surface area contributed by atoms with Gasteiger partial charge in [-0.3, -0.25) is 4.79 Å². The molecule has 0 spiro atoms. The van der Waals surface area contributed by atoms with Crippen LogP contribution in [0.1, 0.15) is 27.7 Å². The minimum absolute atomic E-state index is 0.0417. The van der Waals surface area contributed by atoms with Gasteiger partial charge in [-0.15, -0.1) is 0 Å². The maximum absolute atomic E-state index is 11.8. The Labute approximate surface area is 90.9 Å². The van der Waals surface area contributed by atoms with E-state index in [0.717, 1.165) is 0 Å². The van der Waals surface area contributed by atoms with Crippen molar-refractivity contribution >= 4 is 11.7 Å². The van der Waals surface area contributed by atoms with E-state index in [2.05, 4.69) is 5.16 Å². The summed E-state index contributed by atoms with van der Waals surface area (Å²) in [6.45, 7) is 7.84. The van der Waals surface area contributed by atoms with E-state index >= 15 is 0 Å². The fraction of sp³-hybridized carbons (Fsp3) is 0.800. The molecule has 1 amide bonds. The second-order valence-corrected chi connectivity index (χ2v) is 4.86. The zero-order valence-electron chi connectivity index (χ0n) is 10.1. The molecule has 5 heteroatoms. The fourth-order valence-corrected chi connectivity index (χ4v) is 1.26. The number of carbonyl (C=O) groups is 1. The number of nitrogens with zero attached hydrogens (tertiary/aromatic N) is 2. The molecule has 0 aromatic rings. The van der Waals surface area contributed by atoms with Gasteiger partial charge in [0.25, 0.3) is 0 Å². The van der Waals surface area contributed by atoms with Gasteiger partial charge < -0.3 is 15.8 Å². The van der Waals surface area contributed by atoms with E-state index in [4.69, 9.17) is 10.9 Å². The molecule has 0 rings (SSSR count). The Kier molecular flexibility index (Phi) is 4.58. The molecule has 0 aliphatic rings. The summed E-state index contributed by atoms with van der Waals surface area (Å²) in [7, 11) is 1.72. The van der Waals surface area contributed by atoms with E-state index in [1.807, 2.05) is 27.7 Å². The van der Waals surface area contributed by atoms with E-state index < -0.39 is 5.41 Å². The number of amides is 1. The van der Waals surface area contributed by atoms with Crippen LogP contribution in [0.25, 0.3) is 0 Å². The van der Waals surface area contributed by atoms with Crippen molar-refractivity contribution in [3.63, 3.8) is 0 Å². The molecule has 3 N–H and O–H groups in total. The summed E-state index contributed by atoms with van der Waals surface area (Å²) in [6, 6.07) is 0. The van der Waals surface area contributed by atoms with Gasteiger partial charge in [-0.2, -0.15) is 0 Å². The predicted molar refractivity (Wildman–Crippen MR) is 59.7 cm³/mol. The van der Waals surface area contributed by atoms with Crippen LogP contribution in [0.2, 0.25) is 0 Å². The maximum Gasteiger partial charge on any atom is 0.227 e. The van der Waals surface area contributed by atoms with Crippen LogP contribution >= 0.6 is 0 Å². The lowest BCUT2D eigenvalue weighted by molar-refractivity contribution is -0.138. The molecule has 0 fully saturated rings. The number of hydrogen-bond donors (Lipinski definition) is 2. The van der Waals surface area contributed by atoms with Gasteiger partial charge in [-0.05, 0) is 0 Å². The molecule has 5 nitrogen and oxygen atoms in total. The third kappa shape index (κ3) is 4.18. The van der Waals surface area contributed by atoms with Gasteiger partial charge in [0.05, 0.1) is 0 Å². The van der Waals surface area contributed by atoms with Crippen molar-refractivity contribution in [1.82, 2.24) is 4.90 Å². The molecule has 0 aromatic carbocycles. The van der Waals surface area contributed by atoms with Gasteiger partial charge in [-0.25, -0.2) is 0 Å². The zero-order valence-corrected chi connectivity index (χ0v) is 10.1. The summed E-state index contributed by atoms with van der Waals surface area (Å²) in [5, 5.41) is 11.4. The van der Waals surface area contributed by atoms with Crippen molar-refractivity contribution < 1.29 is 10.0 Å². The SMILES string of the molecule is CC(CN(C)C(=O)C(C)(C)C)C(N)=NO. The molecule has 0 radical (unpaired) electrons. The molecule has 0 heterocycles. The summed E-state index contributed by atoms with van der Waals surface area (Å²) < 4.78 is 0. The highest BCUT2D eigenvalue weighted by atomic mass is 16.4. The molecule has 1 unspecified atom stereocenters. The highest BCUT2D eigenvalue weighted by Crippen LogP contribution is 2.17. The van der Waals surface area contributed by atoms with E-state index in [9.17, 15) is 4.79 Å². The minimum atomic E-state index is -0.403. The van der Waals surface area contributed by atoms with E-state index in [1.165, 1.54) is 0 Å². The summed E-state index contributed by atoms with van der Waals surface area (Å²) in [4.78, 5) is 13.4. The first-order valence-electron chi connectivity index (χ1n) is 4.93. The van der Waals surface area contributed by atoms with Gasteiger partial charge >= 0.3 is 0 Å². The van der Waals surface area contributed by atoms with Crippen molar-refractivity contribution in [2.75, 3.05) is 13.6 Å². The number of nitrogens with two attached hydrogens (primary N) is 1. The predicted octanol–water partition coefficient (Wildman–Crippen LogP) is 0.873. The largest absolute Gasteiger partial charge is 0.409 e. The van der Waals surface area contributed by atoms with Gasteiger partial charge in [0.15, 0.2) is 0 Å². The van der Waals surface area contributed by atoms with Crippen LogP contribution in [0.4, 0.5) is 0 Å². The Balaban J connectivity index is 4.38. The van der Waals surface area contributed by atoms with Crippen LogP contribution in [0.15, 0.2) is 5.16 Å². The lowest BCUT2D eigenvalue weighted by Crippen LogP contribution is -2.41. The van der Waals surface area contributed by atoms with Gasteiger partial charge in [0.1, 0.15) is 5.84 Å². The first-order chi connectivity index (χ1) is 6.70. The molecule has 0 aliphatic carbocycles. The van der Waals surface area contributed by atoms with Crippen LogP contribution in [-0.4, -0.2) is 35.4 Å². The highest BCUT2D eigenvalue weighted by molar-refractivity contribution is 5.84. The first-order valence-corrected chi connectivity index (χ1v) is 4.93. The van der Waals surface area contributed by atoms with Crippen molar-refractivity contribution in [3.05, 3.63) is 0 Å². The number of rotatable bonds is 3. The third-order valence-corrected chi connectivity index (χ3v) is 2.16. The Hall–Kier alpha value is -1.26. The highest BCUT2D eigenvalue weighted by Gasteiger charge is 2.26. The quantitative estimate of drug-likeness (QED) is 0.317. The van der Waals surface area contributed by atoms with Crippen LogP contribution < -0.4 is 5.73 Å². The maximum atomic E-state index is 11.8. The Morgan fingerprint density at radius 1 is 1.53 bits per heavy atom. The third-order valence-electron chi connectivity index (χ3n) is 2.16. The lowest BCUT2D eigenvalue weighted by atomic mass is 9.94. The standard InChI is InChI=1S/C10H21N3O2/c1-7(8(11)12-15)6-13(5)9(14)10(2,3)4/h7,15H,6H2,1-5H3,(H2,11,12). The molecule has 15 heavy (non-hydrogen) atoms. The number of carbonyl (C=O) groups excluding carboxylic acids is 1. The molecule has 0 aliphatic heterocycles. The van der Waals surface area contributed by atoms with Crippen molar-refractivity contribution in [3.8, 4) is 0 Å². The van der Waals surface area contributed by atoms with Gasteiger partial charge in [0.2, 0.25) is 5.91 Å². The summed E-state index contributed by atoms with van der Waals surface area (Å²) in [5.74, 6) is 0.0370. The summed E-state index contributed by atoms with van der Waals surface area (Å²) >= 11 is 0. The molecule has 0 aromatic heterocycles. The second kappa shape index (κ2) is 5.00. The Morgan fingerprint density at radius 3 is 2.33 bits per heavy atom. The number of oxime groups is 1. The fourth-order valence-electron chi connectivity index (χ4n) is 1.26. The van der Waals surface area contributed by atoms with Gasteiger partial charge in [-0.1, -0.05) is 32.9 Å². The first kappa shape index (κ1) is 13.7. The molecular formula is C10H21N3O2. The Morgan fingerprint density at radius 2 is 2.00 bits per heavy atom. The molecule has 1 atom stereocenters. The summed E-state index contributed by atoms with van der Waals surface area (Å²) in [6.07, 6.45) is 0. The minimum Gasteiger partial charge on any atom is -0.409 e. The topological polar surface area (TPSA) is 78.9 Å². The zero-order chi connectivity index (χ0) is 12.2. The molecular weight excluding hydrogens is 194 g/mol.